The third-order valence-corrected chi connectivity index (χ3v) is 5.06. The Kier molecular flexibility index (Phi) is 4.24. The van der Waals surface area contributed by atoms with Gasteiger partial charge in [-0.05, 0) is 48.4 Å². The molecule has 1 atom stereocenters. The van der Waals surface area contributed by atoms with E-state index in [1.165, 1.54) is 4.90 Å². The second kappa shape index (κ2) is 6.74. The van der Waals surface area contributed by atoms with Gasteiger partial charge in [0.1, 0.15) is 6.04 Å². The lowest BCUT2D eigenvalue weighted by atomic mass is 9.98. The standard InChI is InChI=1S/C21H15N3O4/c22-10-12-1-3-13(4-2-12)19(26)14-5-6-16-15(9-14)11-24(21(16)28)17-7-8-18(25)23-20(17)27/h1-6,9,17H,7-8,11H2,(H,23,25,27). The molecule has 7 nitrogen and oxygen atoms in total. The highest BCUT2D eigenvalue weighted by Gasteiger charge is 2.39. The quantitative estimate of drug-likeness (QED) is 0.649. The average Bonchev–Trinajstić information content (AvgIpc) is 3.03. The average molecular weight is 373 g/mol. The van der Waals surface area contributed by atoms with E-state index in [1.807, 2.05) is 6.07 Å². The predicted octanol–water partition coefficient (Wildman–Crippen LogP) is 1.55. The molecule has 7 heteroatoms. The first-order valence-electron chi connectivity index (χ1n) is 8.80. The van der Waals surface area contributed by atoms with E-state index in [1.54, 1.807) is 42.5 Å². The lowest BCUT2D eigenvalue weighted by Crippen LogP contribution is -2.52. The fourth-order valence-electron chi connectivity index (χ4n) is 3.58. The third kappa shape index (κ3) is 2.95. The number of fused-ring (bicyclic) bond motifs is 1. The molecule has 0 bridgehead atoms. The van der Waals surface area contributed by atoms with Crippen LogP contribution in [0, 0.1) is 11.3 Å². The van der Waals surface area contributed by atoms with Gasteiger partial charge in [-0.3, -0.25) is 24.5 Å². The number of benzene rings is 2. The molecule has 1 fully saturated rings. The van der Waals surface area contributed by atoms with E-state index in [0.717, 1.165) is 0 Å². The molecule has 2 heterocycles. The molecule has 3 amide bonds. The first-order valence-corrected chi connectivity index (χ1v) is 8.80. The van der Waals surface area contributed by atoms with Crippen LogP contribution >= 0.6 is 0 Å². The van der Waals surface area contributed by atoms with Crippen LogP contribution in [-0.4, -0.2) is 34.4 Å². The van der Waals surface area contributed by atoms with E-state index in [2.05, 4.69) is 5.32 Å². The number of carbonyl (C=O) groups excluding carboxylic acids is 4. The summed E-state index contributed by atoms with van der Waals surface area (Å²) in [5, 5.41) is 11.1. The Balaban J connectivity index is 1.58. The van der Waals surface area contributed by atoms with Crippen LogP contribution in [-0.2, 0) is 16.1 Å². The van der Waals surface area contributed by atoms with Crippen LogP contribution in [0.4, 0.5) is 0 Å². The Labute approximate surface area is 160 Å². The molecule has 0 saturated carbocycles. The summed E-state index contributed by atoms with van der Waals surface area (Å²) in [4.78, 5) is 50.3. The molecule has 2 aliphatic rings. The number of carbonyl (C=O) groups is 4. The lowest BCUT2D eigenvalue weighted by Gasteiger charge is -2.29. The van der Waals surface area contributed by atoms with E-state index >= 15 is 0 Å². The van der Waals surface area contributed by atoms with Gasteiger partial charge < -0.3 is 4.90 Å². The number of amides is 3. The lowest BCUT2D eigenvalue weighted by molar-refractivity contribution is -0.136. The van der Waals surface area contributed by atoms with Gasteiger partial charge in [-0.25, -0.2) is 0 Å². The van der Waals surface area contributed by atoms with Crippen LogP contribution in [0.3, 0.4) is 0 Å². The smallest absolute Gasteiger partial charge is 0.255 e. The van der Waals surface area contributed by atoms with Crippen LogP contribution < -0.4 is 5.32 Å². The van der Waals surface area contributed by atoms with Gasteiger partial charge in [-0.15, -0.1) is 0 Å². The van der Waals surface area contributed by atoms with Crippen molar-refractivity contribution in [1.82, 2.24) is 10.2 Å². The molecule has 2 aromatic rings. The van der Waals surface area contributed by atoms with Crippen molar-refractivity contribution in [3.05, 3.63) is 70.3 Å². The van der Waals surface area contributed by atoms with Crippen molar-refractivity contribution in [2.24, 2.45) is 0 Å². The predicted molar refractivity (Wildman–Crippen MR) is 97.1 cm³/mol. The highest BCUT2D eigenvalue weighted by atomic mass is 16.2. The first-order chi connectivity index (χ1) is 13.5. The number of nitriles is 1. The minimum Gasteiger partial charge on any atom is -0.322 e. The summed E-state index contributed by atoms with van der Waals surface area (Å²) in [6.07, 6.45) is 0.486. The van der Waals surface area contributed by atoms with Crippen LogP contribution in [0.5, 0.6) is 0 Å². The highest BCUT2D eigenvalue weighted by molar-refractivity contribution is 6.10. The largest absolute Gasteiger partial charge is 0.322 e. The number of rotatable bonds is 3. The number of piperidine rings is 1. The molecule has 4 rings (SSSR count). The Morgan fingerprint density at radius 2 is 1.79 bits per heavy atom. The summed E-state index contributed by atoms with van der Waals surface area (Å²) in [7, 11) is 0. The molecule has 1 N–H and O–H groups in total. The van der Waals surface area contributed by atoms with Crippen molar-refractivity contribution in [3.8, 4) is 6.07 Å². The first kappa shape index (κ1) is 17.6. The number of imide groups is 1. The van der Waals surface area contributed by atoms with Crippen LogP contribution in [0.15, 0.2) is 42.5 Å². The molecule has 0 aromatic heterocycles. The van der Waals surface area contributed by atoms with Crippen molar-refractivity contribution >= 4 is 23.5 Å². The summed E-state index contributed by atoms with van der Waals surface area (Å²) >= 11 is 0. The van der Waals surface area contributed by atoms with Crippen molar-refractivity contribution in [2.45, 2.75) is 25.4 Å². The maximum atomic E-state index is 12.7. The summed E-state index contributed by atoms with van der Waals surface area (Å²) in [6.45, 7) is 0.217. The molecular formula is C21H15N3O4. The maximum Gasteiger partial charge on any atom is 0.255 e. The van der Waals surface area contributed by atoms with Gasteiger partial charge in [0.25, 0.3) is 5.91 Å². The Bertz CT molecular complexity index is 1070. The molecule has 0 radical (unpaired) electrons. The Morgan fingerprint density at radius 1 is 1.07 bits per heavy atom. The van der Waals surface area contributed by atoms with E-state index < -0.39 is 11.9 Å². The normalized spacial score (nSPS) is 18.5. The van der Waals surface area contributed by atoms with Gasteiger partial charge in [0.2, 0.25) is 11.8 Å². The maximum absolute atomic E-state index is 12.7. The zero-order chi connectivity index (χ0) is 19.8. The Hall–Kier alpha value is -3.79. The Morgan fingerprint density at radius 3 is 2.46 bits per heavy atom. The van der Waals surface area contributed by atoms with Crippen molar-refractivity contribution in [2.75, 3.05) is 0 Å². The van der Waals surface area contributed by atoms with Crippen LogP contribution in [0.1, 0.15) is 50.2 Å². The van der Waals surface area contributed by atoms with E-state index in [-0.39, 0.29) is 30.6 Å². The number of hydrogen-bond acceptors (Lipinski definition) is 5. The number of hydrogen-bond donors (Lipinski definition) is 1. The minimum absolute atomic E-state index is 0.193. The topological polar surface area (TPSA) is 107 Å². The molecular weight excluding hydrogens is 358 g/mol. The molecule has 1 unspecified atom stereocenters. The molecule has 1 saturated heterocycles. The molecule has 0 aliphatic carbocycles. The van der Waals surface area contributed by atoms with Gasteiger partial charge in [0, 0.05) is 29.7 Å². The van der Waals surface area contributed by atoms with Crippen molar-refractivity contribution in [3.63, 3.8) is 0 Å². The number of nitrogens with zero attached hydrogens (tertiary/aromatic N) is 2. The molecule has 0 spiro atoms. The molecule has 2 aromatic carbocycles. The van der Waals surface area contributed by atoms with E-state index in [9.17, 15) is 19.2 Å². The van der Waals surface area contributed by atoms with Crippen molar-refractivity contribution in [1.29, 1.82) is 5.26 Å². The van der Waals surface area contributed by atoms with Crippen molar-refractivity contribution < 1.29 is 19.2 Å². The highest BCUT2D eigenvalue weighted by Crippen LogP contribution is 2.28. The summed E-state index contributed by atoms with van der Waals surface area (Å²) in [5.74, 6) is -1.28. The van der Waals surface area contributed by atoms with Gasteiger partial charge in [-0.2, -0.15) is 5.26 Å². The summed E-state index contributed by atoms with van der Waals surface area (Å²) in [5.41, 5.74) is 2.48. The van der Waals surface area contributed by atoms with Crippen LogP contribution in [0.25, 0.3) is 0 Å². The molecule has 138 valence electrons. The second-order valence-electron chi connectivity index (χ2n) is 6.79. The SMILES string of the molecule is N#Cc1ccc(C(=O)c2ccc3c(c2)CN(C2CCC(=O)NC2=O)C3=O)cc1. The van der Waals surface area contributed by atoms with Gasteiger partial charge in [0.15, 0.2) is 5.78 Å². The van der Waals surface area contributed by atoms with E-state index in [0.29, 0.717) is 34.2 Å². The number of ketones is 1. The minimum atomic E-state index is -0.685. The fourth-order valence-corrected chi connectivity index (χ4v) is 3.58. The van der Waals surface area contributed by atoms with E-state index in [4.69, 9.17) is 5.26 Å². The monoisotopic (exact) mass is 373 g/mol. The second-order valence-corrected chi connectivity index (χ2v) is 6.79. The fraction of sp³-hybridized carbons (Fsp3) is 0.190. The zero-order valence-corrected chi connectivity index (χ0v) is 14.8. The molecule has 2 aliphatic heterocycles. The third-order valence-electron chi connectivity index (χ3n) is 5.06. The van der Waals surface area contributed by atoms with Gasteiger partial charge in [-0.1, -0.05) is 6.07 Å². The summed E-state index contributed by atoms with van der Waals surface area (Å²) in [6, 6.07) is 12.5. The zero-order valence-electron chi connectivity index (χ0n) is 14.8. The summed E-state index contributed by atoms with van der Waals surface area (Å²) < 4.78 is 0. The molecule has 28 heavy (non-hydrogen) atoms. The van der Waals surface area contributed by atoms with Gasteiger partial charge >= 0.3 is 0 Å². The van der Waals surface area contributed by atoms with Crippen LogP contribution in [0.2, 0.25) is 0 Å². The number of nitrogens with one attached hydrogen (secondary N) is 1. The van der Waals surface area contributed by atoms with Gasteiger partial charge in [0.05, 0.1) is 11.6 Å².